The highest BCUT2D eigenvalue weighted by atomic mass is 32.2. The lowest BCUT2D eigenvalue weighted by Gasteiger charge is -2.22. The minimum Gasteiger partial charge on any atom is -0.277 e. The topological polar surface area (TPSA) is 55.2 Å². The largest absolute Gasteiger partial charge is 0.319 e. The van der Waals surface area contributed by atoms with E-state index in [0.29, 0.717) is 15.7 Å². The van der Waals surface area contributed by atoms with Crippen molar-refractivity contribution in [2.75, 3.05) is 7.05 Å². The summed E-state index contributed by atoms with van der Waals surface area (Å²) in [5.74, 6) is -0.00393. The van der Waals surface area contributed by atoms with Crippen molar-refractivity contribution >= 4 is 10.0 Å². The molecule has 0 fully saturated rings. The first-order valence-corrected chi connectivity index (χ1v) is 8.85. The summed E-state index contributed by atoms with van der Waals surface area (Å²) in [6, 6.07) is 1.94. The summed E-state index contributed by atoms with van der Waals surface area (Å²) in [6.45, 7) is 4.22. The number of rotatable bonds is 5. The molecule has 0 atom stereocenters. The van der Waals surface area contributed by atoms with Gasteiger partial charge >= 0.3 is 6.55 Å². The van der Waals surface area contributed by atoms with Crippen molar-refractivity contribution in [1.29, 1.82) is 0 Å². The molecule has 8 heteroatoms. The summed E-state index contributed by atoms with van der Waals surface area (Å²) in [5, 5.41) is 0. The lowest BCUT2D eigenvalue weighted by Crippen LogP contribution is -2.29. The predicted octanol–water partition coefficient (Wildman–Crippen LogP) is 3.33. The van der Waals surface area contributed by atoms with Crippen molar-refractivity contribution in [3.8, 4) is 0 Å². The van der Waals surface area contributed by atoms with E-state index in [-0.39, 0.29) is 17.3 Å². The minimum absolute atomic E-state index is 0.00393. The van der Waals surface area contributed by atoms with Gasteiger partial charge in [0.1, 0.15) is 5.82 Å². The molecule has 0 aliphatic heterocycles. The average molecular weight is 357 g/mol. The van der Waals surface area contributed by atoms with Gasteiger partial charge in [0.05, 0.1) is 11.4 Å². The molecule has 0 spiro atoms. The lowest BCUT2D eigenvalue weighted by atomic mass is 10.0. The molecule has 132 valence electrons. The molecule has 1 aromatic carbocycles. The summed E-state index contributed by atoms with van der Waals surface area (Å²) < 4.78 is 53.5. The maximum atomic E-state index is 13.0. The SMILES string of the molecule is Cc1cc(C)c(C)c(S(=O)(=O)N(C)Cc2nccn2C(F)F)c1C. The van der Waals surface area contributed by atoms with Crippen LogP contribution in [-0.4, -0.2) is 29.3 Å². The van der Waals surface area contributed by atoms with Crippen LogP contribution in [0, 0.1) is 27.7 Å². The maximum Gasteiger partial charge on any atom is 0.319 e. The third-order valence-electron chi connectivity index (χ3n) is 4.29. The van der Waals surface area contributed by atoms with Crippen LogP contribution in [0.1, 0.15) is 34.6 Å². The molecule has 0 bridgehead atoms. The van der Waals surface area contributed by atoms with Gasteiger partial charge in [0.15, 0.2) is 0 Å². The second kappa shape index (κ2) is 6.60. The first-order valence-electron chi connectivity index (χ1n) is 7.41. The summed E-state index contributed by atoms with van der Waals surface area (Å²) in [5.41, 5.74) is 3.09. The Labute approximate surface area is 141 Å². The number of benzene rings is 1. The molecule has 24 heavy (non-hydrogen) atoms. The summed E-state index contributed by atoms with van der Waals surface area (Å²) >= 11 is 0. The molecule has 5 nitrogen and oxygen atoms in total. The third kappa shape index (κ3) is 3.21. The Morgan fingerprint density at radius 2 is 1.71 bits per heavy atom. The van der Waals surface area contributed by atoms with Crippen LogP contribution in [0.5, 0.6) is 0 Å². The number of aryl methyl sites for hydroxylation is 2. The molecule has 0 saturated carbocycles. The lowest BCUT2D eigenvalue weighted by molar-refractivity contribution is 0.0658. The second-order valence-corrected chi connectivity index (χ2v) is 7.86. The monoisotopic (exact) mass is 357 g/mol. The van der Waals surface area contributed by atoms with E-state index in [4.69, 9.17) is 0 Å². The normalized spacial score (nSPS) is 12.4. The maximum absolute atomic E-state index is 13.0. The Morgan fingerprint density at radius 1 is 1.17 bits per heavy atom. The van der Waals surface area contributed by atoms with E-state index in [0.717, 1.165) is 21.6 Å². The Hall–Kier alpha value is -1.80. The smallest absolute Gasteiger partial charge is 0.277 e. The van der Waals surface area contributed by atoms with Crippen LogP contribution in [0.3, 0.4) is 0 Å². The van der Waals surface area contributed by atoms with Crippen LogP contribution >= 0.6 is 0 Å². The number of aromatic nitrogens is 2. The average Bonchev–Trinajstić information content (AvgIpc) is 2.93. The standard InChI is InChI=1S/C16H21F2N3O2S/c1-10-8-11(2)13(4)15(12(10)3)24(22,23)20(5)9-14-19-6-7-21(14)16(17)18/h6-8,16H,9H2,1-5H3. The van der Waals surface area contributed by atoms with Gasteiger partial charge < -0.3 is 0 Å². The summed E-state index contributed by atoms with van der Waals surface area (Å²) in [7, 11) is -2.46. The fourth-order valence-electron chi connectivity index (χ4n) is 2.65. The molecular weight excluding hydrogens is 336 g/mol. The predicted molar refractivity (Wildman–Crippen MR) is 87.5 cm³/mol. The van der Waals surface area contributed by atoms with Gasteiger partial charge in [0.25, 0.3) is 0 Å². The molecule has 2 aromatic rings. The van der Waals surface area contributed by atoms with Gasteiger partial charge in [-0.1, -0.05) is 6.07 Å². The molecule has 0 aliphatic rings. The van der Waals surface area contributed by atoms with E-state index in [1.165, 1.54) is 13.2 Å². The van der Waals surface area contributed by atoms with Gasteiger partial charge in [0, 0.05) is 19.4 Å². The van der Waals surface area contributed by atoms with Crippen molar-refractivity contribution in [3.05, 3.63) is 46.5 Å². The van der Waals surface area contributed by atoms with E-state index >= 15 is 0 Å². The number of hydrogen-bond acceptors (Lipinski definition) is 3. The van der Waals surface area contributed by atoms with E-state index in [9.17, 15) is 17.2 Å². The molecule has 1 aromatic heterocycles. The van der Waals surface area contributed by atoms with Crippen LogP contribution < -0.4 is 0 Å². The Balaban J connectivity index is 2.46. The van der Waals surface area contributed by atoms with Crippen LogP contribution in [0.2, 0.25) is 0 Å². The Kier molecular flexibility index (Phi) is 5.10. The zero-order chi connectivity index (χ0) is 18.2. The molecule has 0 saturated heterocycles. The van der Waals surface area contributed by atoms with Crippen molar-refractivity contribution < 1.29 is 17.2 Å². The Bertz CT molecular complexity index is 834. The molecule has 0 amide bonds. The number of nitrogens with zero attached hydrogens (tertiary/aromatic N) is 3. The van der Waals surface area contributed by atoms with Gasteiger partial charge in [-0.3, -0.25) is 4.57 Å². The summed E-state index contributed by atoms with van der Waals surface area (Å²) in [4.78, 5) is 4.08. The Morgan fingerprint density at radius 3 is 2.21 bits per heavy atom. The molecular formula is C16H21F2N3O2S. The van der Waals surface area contributed by atoms with Crippen LogP contribution in [0.15, 0.2) is 23.4 Å². The fraction of sp³-hybridized carbons (Fsp3) is 0.438. The fourth-order valence-corrected chi connectivity index (χ4v) is 4.34. The molecule has 0 unspecified atom stereocenters. The highest BCUT2D eigenvalue weighted by Gasteiger charge is 2.28. The number of alkyl halides is 2. The zero-order valence-corrected chi connectivity index (χ0v) is 15.2. The van der Waals surface area contributed by atoms with Gasteiger partial charge in [-0.15, -0.1) is 0 Å². The van der Waals surface area contributed by atoms with Crippen LogP contribution in [0.4, 0.5) is 8.78 Å². The van der Waals surface area contributed by atoms with Gasteiger partial charge in [-0.2, -0.15) is 13.1 Å². The van der Waals surface area contributed by atoms with Gasteiger partial charge in [-0.25, -0.2) is 13.4 Å². The van der Waals surface area contributed by atoms with Gasteiger partial charge in [0.2, 0.25) is 10.0 Å². The van der Waals surface area contributed by atoms with E-state index in [2.05, 4.69) is 4.98 Å². The van der Waals surface area contributed by atoms with E-state index in [1.54, 1.807) is 13.8 Å². The van der Waals surface area contributed by atoms with Crippen molar-refractivity contribution in [2.24, 2.45) is 0 Å². The first kappa shape index (κ1) is 18.5. The number of hydrogen-bond donors (Lipinski definition) is 0. The van der Waals surface area contributed by atoms with Crippen molar-refractivity contribution in [3.63, 3.8) is 0 Å². The molecule has 0 N–H and O–H groups in total. The number of imidazole rings is 1. The zero-order valence-electron chi connectivity index (χ0n) is 14.3. The molecule has 0 radical (unpaired) electrons. The minimum atomic E-state index is -3.83. The molecule has 0 aliphatic carbocycles. The van der Waals surface area contributed by atoms with Gasteiger partial charge in [-0.05, 0) is 49.9 Å². The quantitative estimate of drug-likeness (QED) is 0.825. The van der Waals surface area contributed by atoms with Crippen molar-refractivity contribution in [2.45, 2.75) is 45.7 Å². The second-order valence-electron chi connectivity index (χ2n) is 5.88. The van der Waals surface area contributed by atoms with Crippen LogP contribution in [0.25, 0.3) is 0 Å². The highest BCUT2D eigenvalue weighted by Crippen LogP contribution is 2.29. The van der Waals surface area contributed by atoms with E-state index in [1.807, 2.05) is 19.9 Å². The van der Waals surface area contributed by atoms with E-state index < -0.39 is 16.6 Å². The summed E-state index contributed by atoms with van der Waals surface area (Å²) in [6.07, 6.45) is 2.36. The number of sulfonamides is 1. The molecule has 2 rings (SSSR count). The highest BCUT2D eigenvalue weighted by molar-refractivity contribution is 7.89. The van der Waals surface area contributed by atoms with Crippen molar-refractivity contribution in [1.82, 2.24) is 13.9 Å². The van der Waals surface area contributed by atoms with Crippen LogP contribution in [-0.2, 0) is 16.6 Å². The first-order chi connectivity index (χ1) is 11.1. The number of halogens is 2. The molecule has 1 heterocycles. The third-order valence-corrected chi connectivity index (χ3v) is 6.37.